The Morgan fingerprint density at radius 1 is 0.812 bits per heavy atom. The van der Waals surface area contributed by atoms with Crippen LogP contribution in [0, 0.1) is 6.92 Å². The lowest BCUT2D eigenvalue weighted by molar-refractivity contribution is 0.379. The van der Waals surface area contributed by atoms with Gasteiger partial charge in [0.15, 0.2) is 11.5 Å². The number of para-hydroxylation sites is 2. The van der Waals surface area contributed by atoms with Crippen molar-refractivity contribution in [3.05, 3.63) is 54.1 Å². The second-order valence-electron chi connectivity index (χ2n) is 3.57. The summed E-state index contributed by atoms with van der Waals surface area (Å²) in [5, 5.41) is 0. The standard InChI is InChI=1S/C14H14O2/c1-11-7-9-12(10-8-11)16-14-6-4-3-5-13(14)15-2/h3-10H,1-2H3. The molecule has 0 heterocycles. The molecule has 0 saturated heterocycles. The lowest BCUT2D eigenvalue weighted by Crippen LogP contribution is -1.89. The van der Waals surface area contributed by atoms with Gasteiger partial charge in [0.2, 0.25) is 0 Å². The smallest absolute Gasteiger partial charge is 0.169 e. The molecule has 2 heteroatoms. The number of ether oxygens (including phenoxy) is 2. The van der Waals surface area contributed by atoms with Crippen molar-refractivity contribution in [2.24, 2.45) is 0 Å². The molecule has 0 radical (unpaired) electrons. The average molecular weight is 214 g/mol. The van der Waals surface area contributed by atoms with Gasteiger partial charge >= 0.3 is 0 Å². The van der Waals surface area contributed by atoms with E-state index in [1.165, 1.54) is 5.56 Å². The summed E-state index contributed by atoms with van der Waals surface area (Å²) >= 11 is 0. The highest BCUT2D eigenvalue weighted by atomic mass is 16.5. The van der Waals surface area contributed by atoms with E-state index in [9.17, 15) is 0 Å². The first kappa shape index (κ1) is 10.6. The molecule has 0 atom stereocenters. The third-order valence-corrected chi connectivity index (χ3v) is 2.32. The van der Waals surface area contributed by atoms with Crippen LogP contribution in [-0.4, -0.2) is 7.11 Å². The highest BCUT2D eigenvalue weighted by Gasteiger charge is 2.03. The van der Waals surface area contributed by atoms with Crippen LogP contribution in [0.25, 0.3) is 0 Å². The van der Waals surface area contributed by atoms with Crippen molar-refractivity contribution in [1.82, 2.24) is 0 Å². The summed E-state index contributed by atoms with van der Waals surface area (Å²) in [5.41, 5.74) is 1.22. The molecule has 0 bridgehead atoms. The van der Waals surface area contributed by atoms with Gasteiger partial charge in [-0.05, 0) is 31.2 Å². The average Bonchev–Trinajstić information content (AvgIpc) is 2.33. The van der Waals surface area contributed by atoms with E-state index in [0.717, 1.165) is 17.2 Å². The zero-order valence-corrected chi connectivity index (χ0v) is 9.44. The molecule has 0 fully saturated rings. The maximum Gasteiger partial charge on any atom is 0.169 e. The third kappa shape index (κ3) is 2.34. The van der Waals surface area contributed by atoms with E-state index in [1.807, 2.05) is 55.5 Å². The van der Waals surface area contributed by atoms with Crippen LogP contribution in [0.15, 0.2) is 48.5 Å². The molecular formula is C14H14O2. The van der Waals surface area contributed by atoms with Gasteiger partial charge < -0.3 is 9.47 Å². The van der Waals surface area contributed by atoms with Gasteiger partial charge in [0.05, 0.1) is 7.11 Å². The lowest BCUT2D eigenvalue weighted by Gasteiger charge is -2.09. The Kier molecular flexibility index (Phi) is 3.10. The molecule has 0 aliphatic heterocycles. The van der Waals surface area contributed by atoms with Crippen LogP contribution >= 0.6 is 0 Å². The minimum atomic E-state index is 0.730. The van der Waals surface area contributed by atoms with Crippen molar-refractivity contribution >= 4 is 0 Å². The van der Waals surface area contributed by atoms with E-state index in [4.69, 9.17) is 9.47 Å². The molecule has 2 aromatic rings. The number of hydrogen-bond acceptors (Lipinski definition) is 2. The van der Waals surface area contributed by atoms with E-state index < -0.39 is 0 Å². The van der Waals surface area contributed by atoms with Gasteiger partial charge in [-0.15, -0.1) is 0 Å². The molecule has 2 aromatic carbocycles. The summed E-state index contributed by atoms with van der Waals surface area (Å²) in [4.78, 5) is 0. The summed E-state index contributed by atoms with van der Waals surface area (Å²) in [7, 11) is 1.64. The summed E-state index contributed by atoms with van der Waals surface area (Å²) in [5.74, 6) is 2.28. The largest absolute Gasteiger partial charge is 0.493 e. The normalized spacial score (nSPS) is 9.88. The number of aryl methyl sites for hydroxylation is 1. The molecule has 16 heavy (non-hydrogen) atoms. The summed E-state index contributed by atoms with van der Waals surface area (Å²) in [6.45, 7) is 2.05. The molecule has 0 aromatic heterocycles. The van der Waals surface area contributed by atoms with Crippen molar-refractivity contribution in [2.75, 3.05) is 7.11 Å². The first-order chi connectivity index (χ1) is 7.79. The van der Waals surface area contributed by atoms with Crippen molar-refractivity contribution in [2.45, 2.75) is 6.92 Å². The fourth-order valence-electron chi connectivity index (χ4n) is 1.44. The van der Waals surface area contributed by atoms with Crippen LogP contribution < -0.4 is 9.47 Å². The topological polar surface area (TPSA) is 18.5 Å². The minimum absolute atomic E-state index is 0.730. The summed E-state index contributed by atoms with van der Waals surface area (Å²) in [6, 6.07) is 15.5. The molecule has 82 valence electrons. The number of methoxy groups -OCH3 is 1. The van der Waals surface area contributed by atoms with Crippen molar-refractivity contribution < 1.29 is 9.47 Å². The van der Waals surface area contributed by atoms with E-state index >= 15 is 0 Å². The molecule has 0 N–H and O–H groups in total. The Labute approximate surface area is 95.4 Å². The summed E-state index contributed by atoms with van der Waals surface area (Å²) in [6.07, 6.45) is 0. The van der Waals surface area contributed by atoms with Crippen molar-refractivity contribution in [1.29, 1.82) is 0 Å². The van der Waals surface area contributed by atoms with Gasteiger partial charge in [0.25, 0.3) is 0 Å². The van der Waals surface area contributed by atoms with Gasteiger partial charge in [0, 0.05) is 0 Å². The van der Waals surface area contributed by atoms with Crippen LogP contribution in [0.5, 0.6) is 17.2 Å². The molecule has 0 aliphatic carbocycles. The lowest BCUT2D eigenvalue weighted by atomic mass is 10.2. The second-order valence-corrected chi connectivity index (χ2v) is 3.57. The molecule has 0 unspecified atom stereocenters. The summed E-state index contributed by atoms with van der Waals surface area (Å²) < 4.78 is 10.9. The monoisotopic (exact) mass is 214 g/mol. The number of rotatable bonds is 3. The Hall–Kier alpha value is -1.96. The van der Waals surface area contributed by atoms with Crippen LogP contribution in [0.4, 0.5) is 0 Å². The minimum Gasteiger partial charge on any atom is -0.493 e. The van der Waals surface area contributed by atoms with Crippen LogP contribution in [-0.2, 0) is 0 Å². The second kappa shape index (κ2) is 4.71. The van der Waals surface area contributed by atoms with Crippen molar-refractivity contribution in [3.8, 4) is 17.2 Å². The fraction of sp³-hybridized carbons (Fsp3) is 0.143. The first-order valence-electron chi connectivity index (χ1n) is 5.17. The quantitative estimate of drug-likeness (QED) is 0.773. The van der Waals surface area contributed by atoms with Crippen LogP contribution in [0.1, 0.15) is 5.56 Å². The highest BCUT2D eigenvalue weighted by molar-refractivity contribution is 5.42. The van der Waals surface area contributed by atoms with Crippen LogP contribution in [0.3, 0.4) is 0 Å². The first-order valence-corrected chi connectivity index (χ1v) is 5.17. The highest BCUT2D eigenvalue weighted by Crippen LogP contribution is 2.30. The van der Waals surface area contributed by atoms with E-state index in [0.29, 0.717) is 0 Å². The molecule has 2 rings (SSSR count). The van der Waals surface area contributed by atoms with E-state index in [2.05, 4.69) is 0 Å². The molecule has 2 nitrogen and oxygen atoms in total. The Bertz CT molecular complexity index is 460. The van der Waals surface area contributed by atoms with Gasteiger partial charge in [-0.3, -0.25) is 0 Å². The van der Waals surface area contributed by atoms with Crippen LogP contribution in [0.2, 0.25) is 0 Å². The maximum absolute atomic E-state index is 5.73. The predicted octanol–water partition coefficient (Wildman–Crippen LogP) is 3.80. The molecule has 0 saturated carbocycles. The maximum atomic E-state index is 5.73. The Balaban J connectivity index is 2.23. The van der Waals surface area contributed by atoms with Gasteiger partial charge in [-0.1, -0.05) is 29.8 Å². The van der Waals surface area contributed by atoms with E-state index in [1.54, 1.807) is 7.11 Å². The van der Waals surface area contributed by atoms with Crippen molar-refractivity contribution in [3.63, 3.8) is 0 Å². The fourth-order valence-corrected chi connectivity index (χ4v) is 1.44. The van der Waals surface area contributed by atoms with E-state index in [-0.39, 0.29) is 0 Å². The molecule has 0 spiro atoms. The van der Waals surface area contributed by atoms with Gasteiger partial charge in [-0.25, -0.2) is 0 Å². The molecular weight excluding hydrogens is 200 g/mol. The number of hydrogen-bond donors (Lipinski definition) is 0. The Morgan fingerprint density at radius 2 is 1.44 bits per heavy atom. The molecule has 0 amide bonds. The van der Waals surface area contributed by atoms with Gasteiger partial charge in [-0.2, -0.15) is 0 Å². The SMILES string of the molecule is COc1ccccc1Oc1ccc(C)cc1. The zero-order chi connectivity index (χ0) is 11.4. The Morgan fingerprint density at radius 3 is 2.06 bits per heavy atom. The number of benzene rings is 2. The zero-order valence-electron chi connectivity index (χ0n) is 9.44. The third-order valence-electron chi connectivity index (χ3n) is 2.32. The molecule has 0 aliphatic rings. The predicted molar refractivity (Wildman–Crippen MR) is 64.2 cm³/mol. The van der Waals surface area contributed by atoms with Gasteiger partial charge in [0.1, 0.15) is 5.75 Å².